The summed E-state index contributed by atoms with van der Waals surface area (Å²) in [7, 11) is 0. The number of carbonyl (C=O) groups excluding carboxylic acids is 4. The van der Waals surface area contributed by atoms with Gasteiger partial charge in [-0.15, -0.1) is 0 Å². The lowest BCUT2D eigenvalue weighted by atomic mass is 10.0. The van der Waals surface area contributed by atoms with Gasteiger partial charge in [-0.3, -0.25) is 14.4 Å². The summed E-state index contributed by atoms with van der Waals surface area (Å²) >= 11 is 1.41. The summed E-state index contributed by atoms with van der Waals surface area (Å²) in [5.41, 5.74) is -0.702. The Morgan fingerprint density at radius 3 is 1.07 bits per heavy atom. The zero-order valence-corrected chi connectivity index (χ0v) is 46.1. The number of esters is 3. The summed E-state index contributed by atoms with van der Waals surface area (Å²) in [5.74, 6) is -0.571. The molecule has 0 aromatic rings. The third-order valence-electron chi connectivity index (χ3n) is 12.8. The van der Waals surface area contributed by atoms with E-state index in [1.165, 1.54) is 204 Å². The van der Waals surface area contributed by atoms with Gasteiger partial charge < -0.3 is 19.5 Å². The Morgan fingerprint density at radius 1 is 0.418 bits per heavy atom. The molecule has 0 bridgehead atoms. The first kappa shape index (κ1) is 65.2. The SMILES string of the molecule is CCCCCCCCCCCCCCCC(=O)NC(CSCC(COC(=O)CCCCCCCCCCCCCCC)OC(=O)CCCCCCCCCCCCCCC)C(=O)OC(C)(C)C. The zero-order chi connectivity index (χ0) is 49.3. The van der Waals surface area contributed by atoms with Crippen molar-refractivity contribution in [3.8, 4) is 0 Å². The quantitative estimate of drug-likeness (QED) is 0.0365. The van der Waals surface area contributed by atoms with E-state index in [-0.39, 0.29) is 30.2 Å². The molecule has 1 N–H and O–H groups in total. The fourth-order valence-electron chi connectivity index (χ4n) is 8.62. The molecule has 0 radical (unpaired) electrons. The molecule has 1 amide bonds. The van der Waals surface area contributed by atoms with Gasteiger partial charge in [0.2, 0.25) is 5.91 Å². The molecule has 0 aromatic carbocycles. The van der Waals surface area contributed by atoms with Crippen LogP contribution in [0.1, 0.15) is 311 Å². The standard InChI is InChI=1S/C58H111NO7S/c1-7-10-13-16-19-22-25-28-31-34-37-40-43-46-54(60)59-53(57(63)66-58(4,5)6)51-67-50-52(65-56(62)48-45-42-39-36-33-30-27-24-21-18-15-12-9-3)49-64-55(61)47-44-41-38-35-32-29-26-23-20-17-14-11-8-2/h52-53H,7-51H2,1-6H3,(H,59,60). The highest BCUT2D eigenvalue weighted by Gasteiger charge is 2.28. The maximum Gasteiger partial charge on any atom is 0.330 e. The summed E-state index contributed by atoms with van der Waals surface area (Å²) in [6.07, 6.45) is 48.8. The van der Waals surface area contributed by atoms with Crippen molar-refractivity contribution < 1.29 is 33.4 Å². The van der Waals surface area contributed by atoms with Crippen LogP contribution in [0.15, 0.2) is 0 Å². The second-order valence-electron chi connectivity index (χ2n) is 21.0. The van der Waals surface area contributed by atoms with E-state index in [1.54, 1.807) is 0 Å². The molecular weight excluding hydrogens is 855 g/mol. The van der Waals surface area contributed by atoms with Crippen molar-refractivity contribution in [2.24, 2.45) is 0 Å². The molecule has 0 aliphatic carbocycles. The number of rotatable bonds is 51. The van der Waals surface area contributed by atoms with Gasteiger partial charge in [0.15, 0.2) is 0 Å². The topological polar surface area (TPSA) is 108 Å². The molecule has 0 fully saturated rings. The van der Waals surface area contributed by atoms with E-state index < -0.39 is 23.7 Å². The minimum Gasteiger partial charge on any atom is -0.462 e. The number of thioether (sulfide) groups is 1. The number of unbranched alkanes of at least 4 members (excludes halogenated alkanes) is 36. The minimum atomic E-state index is -0.834. The number of hydrogen-bond donors (Lipinski definition) is 1. The molecule has 0 aliphatic heterocycles. The van der Waals surface area contributed by atoms with Crippen LogP contribution in [0, 0.1) is 0 Å². The van der Waals surface area contributed by atoms with Gasteiger partial charge in [0, 0.05) is 30.8 Å². The molecule has 9 heteroatoms. The van der Waals surface area contributed by atoms with Crippen LogP contribution >= 0.6 is 11.8 Å². The molecule has 0 aromatic heterocycles. The van der Waals surface area contributed by atoms with Crippen LogP contribution in [0.4, 0.5) is 0 Å². The lowest BCUT2D eigenvalue weighted by Gasteiger charge is -2.25. The van der Waals surface area contributed by atoms with Crippen LogP contribution in [0.2, 0.25) is 0 Å². The average molecular weight is 967 g/mol. The van der Waals surface area contributed by atoms with Crippen LogP contribution < -0.4 is 5.32 Å². The normalized spacial score (nSPS) is 12.5. The zero-order valence-electron chi connectivity index (χ0n) is 45.2. The van der Waals surface area contributed by atoms with Crippen molar-refractivity contribution in [3.05, 3.63) is 0 Å². The Bertz CT molecular complexity index is 1130. The van der Waals surface area contributed by atoms with Gasteiger partial charge in [0.25, 0.3) is 0 Å². The van der Waals surface area contributed by atoms with E-state index in [4.69, 9.17) is 14.2 Å². The van der Waals surface area contributed by atoms with Gasteiger partial charge in [-0.25, -0.2) is 4.79 Å². The monoisotopic (exact) mass is 966 g/mol. The first-order valence-corrected chi connectivity index (χ1v) is 30.1. The Morgan fingerprint density at radius 2 is 0.731 bits per heavy atom. The molecule has 396 valence electrons. The largest absolute Gasteiger partial charge is 0.462 e. The number of ether oxygens (including phenoxy) is 3. The van der Waals surface area contributed by atoms with Gasteiger partial charge in [0.1, 0.15) is 24.4 Å². The second-order valence-corrected chi connectivity index (χ2v) is 22.0. The van der Waals surface area contributed by atoms with Crippen molar-refractivity contribution in [2.75, 3.05) is 18.1 Å². The molecular formula is C58H111NO7S. The molecule has 0 saturated heterocycles. The van der Waals surface area contributed by atoms with E-state index in [0.717, 1.165) is 57.8 Å². The van der Waals surface area contributed by atoms with Gasteiger partial charge in [-0.2, -0.15) is 11.8 Å². The molecule has 0 rings (SSSR count). The Labute approximate surface area is 419 Å². The minimum absolute atomic E-state index is 0.0167. The summed E-state index contributed by atoms with van der Waals surface area (Å²) in [5, 5.41) is 2.95. The highest BCUT2D eigenvalue weighted by Crippen LogP contribution is 2.19. The maximum atomic E-state index is 13.3. The van der Waals surface area contributed by atoms with Crippen LogP contribution in [0.3, 0.4) is 0 Å². The summed E-state index contributed by atoms with van der Waals surface area (Å²) in [6, 6.07) is -0.834. The van der Waals surface area contributed by atoms with Crippen LogP contribution in [-0.2, 0) is 33.4 Å². The van der Waals surface area contributed by atoms with E-state index >= 15 is 0 Å². The smallest absolute Gasteiger partial charge is 0.330 e. The molecule has 0 spiro atoms. The lowest BCUT2D eigenvalue weighted by Crippen LogP contribution is -2.46. The van der Waals surface area contributed by atoms with Crippen LogP contribution in [0.25, 0.3) is 0 Å². The van der Waals surface area contributed by atoms with Crippen molar-refractivity contribution in [1.29, 1.82) is 0 Å². The molecule has 2 atom stereocenters. The van der Waals surface area contributed by atoms with Gasteiger partial charge >= 0.3 is 17.9 Å². The number of carbonyl (C=O) groups is 4. The van der Waals surface area contributed by atoms with E-state index in [9.17, 15) is 19.2 Å². The number of nitrogens with one attached hydrogen (secondary N) is 1. The lowest BCUT2D eigenvalue weighted by molar-refractivity contribution is -0.158. The fraction of sp³-hybridized carbons (Fsp3) is 0.931. The predicted octanol–water partition coefficient (Wildman–Crippen LogP) is 17.4. The molecule has 0 aliphatic rings. The summed E-state index contributed by atoms with van der Waals surface area (Å²) in [4.78, 5) is 52.3. The van der Waals surface area contributed by atoms with Crippen LogP contribution in [-0.4, -0.2) is 59.7 Å². The van der Waals surface area contributed by atoms with E-state index in [1.807, 2.05) is 20.8 Å². The average Bonchev–Trinajstić information content (AvgIpc) is 3.29. The van der Waals surface area contributed by atoms with Gasteiger partial charge in [-0.05, 0) is 40.0 Å². The molecule has 8 nitrogen and oxygen atoms in total. The Hall–Kier alpha value is -1.77. The highest BCUT2D eigenvalue weighted by atomic mass is 32.2. The predicted molar refractivity (Wildman–Crippen MR) is 287 cm³/mol. The number of amides is 1. The Kier molecular flexibility index (Phi) is 47.9. The molecule has 0 heterocycles. The third kappa shape index (κ3) is 49.0. The molecule has 67 heavy (non-hydrogen) atoms. The summed E-state index contributed by atoms with van der Waals surface area (Å²) < 4.78 is 17.3. The fourth-order valence-corrected chi connectivity index (χ4v) is 9.64. The van der Waals surface area contributed by atoms with Gasteiger partial charge in [-0.1, -0.05) is 252 Å². The van der Waals surface area contributed by atoms with Crippen molar-refractivity contribution in [3.63, 3.8) is 0 Å². The first-order valence-electron chi connectivity index (χ1n) is 29.0. The first-order chi connectivity index (χ1) is 32.5. The van der Waals surface area contributed by atoms with Crippen molar-refractivity contribution >= 4 is 35.6 Å². The van der Waals surface area contributed by atoms with Crippen LogP contribution in [0.5, 0.6) is 0 Å². The van der Waals surface area contributed by atoms with Gasteiger partial charge in [0.05, 0.1) is 0 Å². The van der Waals surface area contributed by atoms with E-state index in [2.05, 4.69) is 26.1 Å². The maximum absolute atomic E-state index is 13.3. The second kappa shape index (κ2) is 49.2. The molecule has 0 saturated carbocycles. The Balaban J connectivity index is 4.93. The number of hydrogen-bond acceptors (Lipinski definition) is 8. The highest BCUT2D eigenvalue weighted by molar-refractivity contribution is 7.99. The van der Waals surface area contributed by atoms with Crippen molar-refractivity contribution in [1.82, 2.24) is 5.32 Å². The van der Waals surface area contributed by atoms with Crippen molar-refractivity contribution in [2.45, 2.75) is 329 Å². The third-order valence-corrected chi connectivity index (χ3v) is 14.0. The molecule has 2 unspecified atom stereocenters. The summed E-state index contributed by atoms with van der Waals surface area (Å²) in [6.45, 7) is 12.2. The van der Waals surface area contributed by atoms with E-state index in [0.29, 0.717) is 25.0 Å².